The number of carboxylic acid groups (broad SMARTS) is 1. The van der Waals surface area contributed by atoms with Crippen LogP contribution < -0.4 is 10.6 Å². The maximum Gasteiger partial charge on any atom is 0.407 e. The van der Waals surface area contributed by atoms with Gasteiger partial charge in [0.25, 0.3) is 0 Å². The number of nitrogens with zero attached hydrogens (tertiary/aromatic N) is 1. The fraction of sp³-hybridized carbons (Fsp3) is 0.444. The maximum absolute atomic E-state index is 13.0. The second-order valence-electron chi connectivity index (χ2n) is 10.3. The quantitative estimate of drug-likeness (QED) is 0.506. The van der Waals surface area contributed by atoms with Crippen LogP contribution in [0.15, 0.2) is 48.5 Å². The summed E-state index contributed by atoms with van der Waals surface area (Å²) in [6, 6.07) is 14.1. The molecule has 0 spiro atoms. The van der Waals surface area contributed by atoms with E-state index in [1.54, 1.807) is 20.8 Å². The monoisotopic (exact) mass is 481 g/mol. The molecule has 188 valence electrons. The number of carbonyl (C=O) groups is 3. The Morgan fingerprint density at radius 2 is 1.51 bits per heavy atom. The molecule has 0 saturated carbocycles. The largest absolute Gasteiger partial charge is 0.480 e. The second-order valence-corrected chi connectivity index (χ2v) is 10.3. The van der Waals surface area contributed by atoms with Crippen molar-refractivity contribution >= 4 is 18.0 Å². The molecule has 35 heavy (non-hydrogen) atoms. The van der Waals surface area contributed by atoms with Crippen molar-refractivity contribution in [2.45, 2.75) is 45.2 Å². The Kier molecular flexibility index (Phi) is 8.17. The van der Waals surface area contributed by atoms with Gasteiger partial charge in [-0.2, -0.15) is 0 Å². The molecular formula is C27H35N3O5. The van der Waals surface area contributed by atoms with Gasteiger partial charge in [0.05, 0.1) is 0 Å². The SMILES string of the molecule is CN(C)CCC(NC(=O)OCC1c2ccccc2-c2ccccc21)C(=O)NC(C(=O)O)C(C)(C)C. The molecule has 2 amide bonds. The van der Waals surface area contributed by atoms with Gasteiger partial charge < -0.3 is 25.4 Å². The number of aliphatic carboxylic acids is 1. The van der Waals surface area contributed by atoms with E-state index in [1.165, 1.54) is 0 Å². The Labute approximate surface area is 206 Å². The van der Waals surface area contributed by atoms with Crippen molar-refractivity contribution in [3.8, 4) is 11.1 Å². The van der Waals surface area contributed by atoms with Crippen molar-refractivity contribution in [1.29, 1.82) is 0 Å². The molecule has 0 aliphatic heterocycles. The van der Waals surface area contributed by atoms with Crippen LogP contribution in [0.25, 0.3) is 11.1 Å². The van der Waals surface area contributed by atoms with Gasteiger partial charge in [0, 0.05) is 5.92 Å². The molecule has 2 atom stereocenters. The lowest BCUT2D eigenvalue weighted by molar-refractivity contribution is -0.145. The molecule has 0 bridgehead atoms. The Morgan fingerprint density at radius 3 is 2.00 bits per heavy atom. The molecule has 0 aromatic heterocycles. The van der Waals surface area contributed by atoms with E-state index in [-0.39, 0.29) is 12.5 Å². The number of nitrogens with one attached hydrogen (secondary N) is 2. The Hall–Kier alpha value is -3.39. The number of carbonyl (C=O) groups excluding carboxylic acids is 2. The summed E-state index contributed by atoms with van der Waals surface area (Å²) in [4.78, 5) is 39.3. The lowest BCUT2D eigenvalue weighted by Gasteiger charge is -2.30. The van der Waals surface area contributed by atoms with Crippen LogP contribution in [0.4, 0.5) is 4.79 Å². The Morgan fingerprint density at radius 1 is 0.971 bits per heavy atom. The standard InChI is InChI=1S/C27H35N3O5/c1-27(2,3)23(25(32)33)29-24(31)22(14-15-30(4)5)28-26(34)35-16-21-19-12-8-6-10-17(19)18-11-7-9-13-20(18)21/h6-13,21-23H,14-16H2,1-5H3,(H,28,34)(H,29,31)(H,32,33). The zero-order valence-corrected chi connectivity index (χ0v) is 21.0. The third kappa shape index (κ3) is 6.39. The number of amides is 2. The first kappa shape index (κ1) is 26.2. The van der Waals surface area contributed by atoms with Gasteiger partial charge in [-0.25, -0.2) is 9.59 Å². The van der Waals surface area contributed by atoms with Crippen LogP contribution >= 0.6 is 0 Å². The van der Waals surface area contributed by atoms with Crippen molar-refractivity contribution in [2.75, 3.05) is 27.2 Å². The second kappa shape index (κ2) is 10.9. The molecule has 1 aliphatic rings. The number of hydrogen-bond donors (Lipinski definition) is 3. The Balaban J connectivity index is 1.69. The summed E-state index contributed by atoms with van der Waals surface area (Å²) in [5, 5.41) is 14.8. The maximum atomic E-state index is 13.0. The third-order valence-corrected chi connectivity index (χ3v) is 6.22. The van der Waals surface area contributed by atoms with Gasteiger partial charge >= 0.3 is 12.1 Å². The summed E-state index contributed by atoms with van der Waals surface area (Å²) in [6.45, 7) is 5.86. The highest BCUT2D eigenvalue weighted by Gasteiger charge is 2.35. The van der Waals surface area contributed by atoms with E-state index >= 15 is 0 Å². The van der Waals surface area contributed by atoms with E-state index < -0.39 is 35.5 Å². The average Bonchev–Trinajstić information content (AvgIpc) is 3.11. The van der Waals surface area contributed by atoms with Crippen molar-refractivity contribution in [3.05, 3.63) is 59.7 Å². The number of ether oxygens (including phenoxy) is 1. The van der Waals surface area contributed by atoms with E-state index in [0.29, 0.717) is 13.0 Å². The van der Waals surface area contributed by atoms with Gasteiger partial charge in [0.15, 0.2) is 0 Å². The molecular weight excluding hydrogens is 446 g/mol. The van der Waals surface area contributed by atoms with Crippen LogP contribution in [0, 0.1) is 5.41 Å². The number of alkyl carbamates (subject to hydrolysis) is 1. The summed E-state index contributed by atoms with van der Waals surface area (Å²) >= 11 is 0. The van der Waals surface area contributed by atoms with E-state index in [4.69, 9.17) is 4.74 Å². The zero-order valence-electron chi connectivity index (χ0n) is 21.0. The topological polar surface area (TPSA) is 108 Å². The summed E-state index contributed by atoms with van der Waals surface area (Å²) < 4.78 is 5.59. The number of benzene rings is 2. The summed E-state index contributed by atoms with van der Waals surface area (Å²) in [5.41, 5.74) is 3.75. The molecule has 8 heteroatoms. The van der Waals surface area contributed by atoms with Crippen LogP contribution in [-0.2, 0) is 14.3 Å². The van der Waals surface area contributed by atoms with Crippen LogP contribution in [-0.4, -0.2) is 67.3 Å². The predicted molar refractivity (Wildman–Crippen MR) is 134 cm³/mol. The van der Waals surface area contributed by atoms with E-state index in [1.807, 2.05) is 55.4 Å². The molecule has 1 aliphatic carbocycles. The van der Waals surface area contributed by atoms with E-state index in [0.717, 1.165) is 22.3 Å². The van der Waals surface area contributed by atoms with E-state index in [9.17, 15) is 19.5 Å². The molecule has 0 saturated heterocycles. The van der Waals surface area contributed by atoms with Crippen molar-refractivity contribution in [3.63, 3.8) is 0 Å². The third-order valence-electron chi connectivity index (χ3n) is 6.22. The van der Waals surface area contributed by atoms with Gasteiger partial charge in [-0.15, -0.1) is 0 Å². The molecule has 8 nitrogen and oxygen atoms in total. The number of fused-ring (bicyclic) bond motifs is 3. The molecule has 2 unspecified atom stereocenters. The highest BCUT2D eigenvalue weighted by Crippen LogP contribution is 2.44. The van der Waals surface area contributed by atoms with Crippen LogP contribution in [0.1, 0.15) is 44.2 Å². The molecule has 2 aromatic carbocycles. The van der Waals surface area contributed by atoms with Gasteiger partial charge in [0.2, 0.25) is 5.91 Å². The van der Waals surface area contributed by atoms with Crippen LogP contribution in [0.3, 0.4) is 0 Å². The normalized spacial score (nSPS) is 14.6. The highest BCUT2D eigenvalue weighted by atomic mass is 16.5. The lowest BCUT2D eigenvalue weighted by atomic mass is 9.86. The van der Waals surface area contributed by atoms with Crippen LogP contribution in [0.5, 0.6) is 0 Å². The van der Waals surface area contributed by atoms with E-state index in [2.05, 4.69) is 22.8 Å². The molecule has 0 heterocycles. The number of rotatable bonds is 9. The predicted octanol–water partition coefficient (Wildman–Crippen LogP) is 3.46. The summed E-state index contributed by atoms with van der Waals surface area (Å²) in [7, 11) is 3.72. The minimum Gasteiger partial charge on any atom is -0.480 e. The first-order valence-electron chi connectivity index (χ1n) is 11.8. The summed E-state index contributed by atoms with van der Waals surface area (Å²) in [5.74, 6) is -1.78. The van der Waals surface area contributed by atoms with Crippen molar-refractivity contribution < 1.29 is 24.2 Å². The fourth-order valence-electron chi connectivity index (χ4n) is 4.33. The number of carboxylic acids is 1. The smallest absolute Gasteiger partial charge is 0.407 e. The molecule has 0 radical (unpaired) electrons. The first-order chi connectivity index (χ1) is 16.5. The van der Waals surface area contributed by atoms with Crippen LogP contribution in [0.2, 0.25) is 0 Å². The highest BCUT2D eigenvalue weighted by molar-refractivity contribution is 5.89. The minimum absolute atomic E-state index is 0.0977. The molecule has 2 aromatic rings. The molecule has 3 rings (SSSR count). The summed E-state index contributed by atoms with van der Waals surface area (Å²) in [6.07, 6.45) is -0.409. The van der Waals surface area contributed by atoms with Gasteiger partial charge in [0.1, 0.15) is 18.7 Å². The Bertz CT molecular complexity index is 1030. The minimum atomic E-state index is -1.13. The van der Waals surface area contributed by atoms with Gasteiger partial charge in [-0.1, -0.05) is 69.3 Å². The van der Waals surface area contributed by atoms with Gasteiger partial charge in [-0.3, -0.25) is 4.79 Å². The number of hydrogen-bond acceptors (Lipinski definition) is 5. The van der Waals surface area contributed by atoms with Gasteiger partial charge in [-0.05, 0) is 54.7 Å². The average molecular weight is 482 g/mol. The lowest BCUT2D eigenvalue weighted by Crippen LogP contribution is -2.56. The fourth-order valence-corrected chi connectivity index (χ4v) is 4.33. The molecule has 3 N–H and O–H groups in total. The van der Waals surface area contributed by atoms with Crippen molar-refractivity contribution in [1.82, 2.24) is 15.5 Å². The van der Waals surface area contributed by atoms with Crippen molar-refractivity contribution in [2.24, 2.45) is 5.41 Å². The first-order valence-corrected chi connectivity index (χ1v) is 11.8. The zero-order chi connectivity index (χ0) is 25.8. The molecule has 0 fully saturated rings.